The van der Waals surface area contributed by atoms with Gasteiger partial charge in [0.05, 0.1) is 5.56 Å². The van der Waals surface area contributed by atoms with Crippen molar-refractivity contribution < 1.29 is 9.53 Å². The summed E-state index contributed by atoms with van der Waals surface area (Å²) < 4.78 is 4.84. The Morgan fingerprint density at radius 2 is 2.27 bits per heavy atom. The molecule has 0 atom stereocenters. The van der Waals surface area contributed by atoms with Crippen LogP contribution in [0.1, 0.15) is 21.5 Å². The summed E-state index contributed by atoms with van der Waals surface area (Å²) in [6.07, 6.45) is 0. The Morgan fingerprint density at radius 1 is 1.45 bits per heavy atom. The zero-order valence-electron chi connectivity index (χ0n) is 6.26. The molecule has 1 aliphatic heterocycles. The Kier molecular flexibility index (Phi) is 1.22. The lowest BCUT2D eigenvalue weighted by atomic mass is 10.1. The summed E-state index contributed by atoms with van der Waals surface area (Å²) in [5, 5.41) is 0. The fraction of sp³-hybridized carbons (Fsp3) is 0.222. The maximum absolute atomic E-state index is 11.0. The highest BCUT2D eigenvalue weighted by Gasteiger charge is 2.19. The summed E-state index contributed by atoms with van der Waals surface area (Å²) in [6, 6.07) is 5.73. The van der Waals surface area contributed by atoms with Gasteiger partial charge in [0, 0.05) is 5.56 Å². The van der Waals surface area contributed by atoms with E-state index in [9.17, 15) is 4.79 Å². The third kappa shape index (κ3) is 0.909. The number of aryl methyl sites for hydroxylation is 1. The molecule has 0 fully saturated rings. The molecule has 0 unspecified atom stereocenters. The molecule has 0 saturated carbocycles. The van der Waals surface area contributed by atoms with Crippen LogP contribution in [0.25, 0.3) is 0 Å². The number of carbonyl (C=O) groups is 1. The summed E-state index contributed by atoms with van der Waals surface area (Å²) in [4.78, 5) is 11.0. The van der Waals surface area contributed by atoms with E-state index in [2.05, 4.69) is 0 Å². The fourth-order valence-electron chi connectivity index (χ4n) is 1.26. The average molecular weight is 148 g/mol. The van der Waals surface area contributed by atoms with E-state index in [-0.39, 0.29) is 5.97 Å². The molecule has 1 heterocycles. The third-order valence-electron chi connectivity index (χ3n) is 1.84. The molecule has 0 N–H and O–H groups in total. The van der Waals surface area contributed by atoms with E-state index in [1.807, 2.05) is 25.1 Å². The quantitative estimate of drug-likeness (QED) is 0.523. The summed E-state index contributed by atoms with van der Waals surface area (Å²) in [5.41, 5.74) is 2.90. The van der Waals surface area contributed by atoms with Gasteiger partial charge in [-0.1, -0.05) is 17.7 Å². The lowest BCUT2D eigenvalue weighted by Gasteiger charge is -1.93. The van der Waals surface area contributed by atoms with Crippen LogP contribution in [-0.2, 0) is 11.3 Å². The maximum atomic E-state index is 11.0. The summed E-state index contributed by atoms with van der Waals surface area (Å²) in [7, 11) is 0. The first-order chi connectivity index (χ1) is 5.27. The second-order valence-electron chi connectivity index (χ2n) is 2.74. The molecule has 0 bridgehead atoms. The van der Waals surface area contributed by atoms with Crippen LogP contribution in [0.2, 0.25) is 0 Å². The molecule has 0 aromatic heterocycles. The van der Waals surface area contributed by atoms with Crippen molar-refractivity contribution in [3.05, 3.63) is 34.9 Å². The van der Waals surface area contributed by atoms with Crippen molar-refractivity contribution in [2.45, 2.75) is 13.5 Å². The Labute approximate surface area is 64.8 Å². The molecule has 0 radical (unpaired) electrons. The first-order valence-corrected chi connectivity index (χ1v) is 3.54. The molecule has 1 aromatic carbocycles. The van der Waals surface area contributed by atoms with Gasteiger partial charge >= 0.3 is 5.97 Å². The molecule has 1 aromatic rings. The SMILES string of the molecule is Cc1ccc2c(c1)COC2=O. The summed E-state index contributed by atoms with van der Waals surface area (Å²) in [5.74, 6) is -0.194. The molecule has 0 aliphatic carbocycles. The number of ether oxygens (including phenoxy) is 1. The van der Waals surface area contributed by atoms with Crippen molar-refractivity contribution in [3.63, 3.8) is 0 Å². The molecular weight excluding hydrogens is 140 g/mol. The van der Waals surface area contributed by atoms with E-state index >= 15 is 0 Å². The van der Waals surface area contributed by atoms with Gasteiger partial charge in [-0.2, -0.15) is 0 Å². The van der Waals surface area contributed by atoms with Crippen LogP contribution in [0.3, 0.4) is 0 Å². The van der Waals surface area contributed by atoms with Crippen molar-refractivity contribution in [1.82, 2.24) is 0 Å². The number of rotatable bonds is 0. The van der Waals surface area contributed by atoms with E-state index < -0.39 is 0 Å². The number of esters is 1. The zero-order chi connectivity index (χ0) is 7.84. The first kappa shape index (κ1) is 6.40. The van der Waals surface area contributed by atoms with Crippen molar-refractivity contribution in [2.75, 3.05) is 0 Å². The van der Waals surface area contributed by atoms with Gasteiger partial charge in [0.1, 0.15) is 6.61 Å². The van der Waals surface area contributed by atoms with Gasteiger partial charge in [-0.15, -0.1) is 0 Å². The molecule has 2 rings (SSSR count). The second kappa shape index (κ2) is 2.09. The number of benzene rings is 1. The Morgan fingerprint density at radius 3 is 3.09 bits per heavy atom. The van der Waals surface area contributed by atoms with Crippen molar-refractivity contribution in [1.29, 1.82) is 0 Å². The Hall–Kier alpha value is -1.31. The predicted molar refractivity (Wildman–Crippen MR) is 40.3 cm³/mol. The van der Waals surface area contributed by atoms with Crippen LogP contribution >= 0.6 is 0 Å². The van der Waals surface area contributed by atoms with E-state index in [0.717, 1.165) is 11.1 Å². The van der Waals surface area contributed by atoms with Crippen LogP contribution in [0, 0.1) is 6.92 Å². The van der Waals surface area contributed by atoms with Crippen LogP contribution in [0.15, 0.2) is 18.2 Å². The van der Waals surface area contributed by atoms with Crippen molar-refractivity contribution in [2.24, 2.45) is 0 Å². The molecule has 0 spiro atoms. The number of hydrogen-bond acceptors (Lipinski definition) is 2. The smallest absolute Gasteiger partial charge is 0.338 e. The molecule has 11 heavy (non-hydrogen) atoms. The minimum absolute atomic E-state index is 0.194. The molecule has 0 saturated heterocycles. The number of carbonyl (C=O) groups excluding carboxylic acids is 1. The largest absolute Gasteiger partial charge is 0.457 e. The van der Waals surface area contributed by atoms with E-state index in [4.69, 9.17) is 4.74 Å². The minimum atomic E-state index is -0.194. The summed E-state index contributed by atoms with van der Waals surface area (Å²) >= 11 is 0. The van der Waals surface area contributed by atoms with Gasteiger partial charge in [-0.3, -0.25) is 0 Å². The average Bonchev–Trinajstić information content (AvgIpc) is 2.32. The monoisotopic (exact) mass is 148 g/mol. The molecule has 2 nitrogen and oxygen atoms in total. The van der Waals surface area contributed by atoms with Crippen molar-refractivity contribution in [3.8, 4) is 0 Å². The van der Waals surface area contributed by atoms with Crippen molar-refractivity contribution >= 4 is 5.97 Å². The lowest BCUT2D eigenvalue weighted by Crippen LogP contribution is -1.92. The predicted octanol–water partition coefficient (Wildman–Crippen LogP) is 1.67. The highest BCUT2D eigenvalue weighted by molar-refractivity contribution is 5.93. The topological polar surface area (TPSA) is 26.3 Å². The summed E-state index contributed by atoms with van der Waals surface area (Å²) in [6.45, 7) is 2.44. The van der Waals surface area contributed by atoms with E-state index in [1.54, 1.807) is 0 Å². The lowest BCUT2D eigenvalue weighted by molar-refractivity contribution is 0.0535. The number of cyclic esters (lactones) is 1. The van der Waals surface area contributed by atoms with Crippen LogP contribution in [-0.4, -0.2) is 5.97 Å². The maximum Gasteiger partial charge on any atom is 0.338 e. The number of fused-ring (bicyclic) bond motifs is 1. The third-order valence-corrected chi connectivity index (χ3v) is 1.84. The van der Waals surface area contributed by atoms with Gasteiger partial charge in [0.2, 0.25) is 0 Å². The van der Waals surface area contributed by atoms with E-state index in [1.165, 1.54) is 5.56 Å². The van der Waals surface area contributed by atoms with Crippen LogP contribution < -0.4 is 0 Å². The molecule has 1 aliphatic rings. The second-order valence-corrected chi connectivity index (χ2v) is 2.74. The minimum Gasteiger partial charge on any atom is -0.457 e. The first-order valence-electron chi connectivity index (χ1n) is 3.54. The van der Waals surface area contributed by atoms with Gasteiger partial charge in [0.25, 0.3) is 0 Å². The van der Waals surface area contributed by atoms with Gasteiger partial charge in [-0.25, -0.2) is 4.79 Å². The Bertz CT molecular complexity index is 315. The standard InChI is InChI=1S/C9H8O2/c1-6-2-3-8-7(4-6)5-11-9(8)10/h2-4H,5H2,1H3. The fourth-order valence-corrected chi connectivity index (χ4v) is 1.26. The molecule has 2 heteroatoms. The Balaban J connectivity index is 2.59. The molecule has 56 valence electrons. The van der Waals surface area contributed by atoms with Crippen LogP contribution in [0.5, 0.6) is 0 Å². The normalized spacial score (nSPS) is 14.5. The van der Waals surface area contributed by atoms with Crippen LogP contribution in [0.4, 0.5) is 0 Å². The van der Waals surface area contributed by atoms with E-state index in [0.29, 0.717) is 6.61 Å². The highest BCUT2D eigenvalue weighted by Crippen LogP contribution is 2.20. The number of hydrogen-bond donors (Lipinski definition) is 0. The van der Waals surface area contributed by atoms with Gasteiger partial charge < -0.3 is 4.74 Å². The van der Waals surface area contributed by atoms with Gasteiger partial charge in [0.15, 0.2) is 0 Å². The highest BCUT2D eigenvalue weighted by atomic mass is 16.5. The molecular formula is C9H8O2. The zero-order valence-corrected chi connectivity index (χ0v) is 6.26. The van der Waals surface area contributed by atoms with Gasteiger partial charge in [-0.05, 0) is 13.0 Å². The molecule has 0 amide bonds.